The third kappa shape index (κ3) is 2.30. The lowest BCUT2D eigenvalue weighted by Gasteiger charge is -2.32. The standard InChI is InChI=1S/C10H18N2O3/c11-7(5-9(12)13)6-1-2-8-10(6)15-4-3-14-8/h6-8,10H,1-5,11H2,(H2,12,13)/t6-,7?,8-,10+/m0/s1. The second-order valence-electron chi connectivity index (χ2n) is 4.32. The molecule has 0 bridgehead atoms. The van der Waals surface area contributed by atoms with Gasteiger partial charge >= 0.3 is 0 Å². The van der Waals surface area contributed by atoms with E-state index in [9.17, 15) is 4.79 Å². The molecule has 0 aromatic rings. The Morgan fingerprint density at radius 1 is 1.33 bits per heavy atom. The van der Waals surface area contributed by atoms with Gasteiger partial charge in [0.1, 0.15) is 0 Å². The number of amides is 1. The first-order chi connectivity index (χ1) is 7.18. The van der Waals surface area contributed by atoms with E-state index in [0.29, 0.717) is 13.2 Å². The van der Waals surface area contributed by atoms with E-state index in [4.69, 9.17) is 20.9 Å². The van der Waals surface area contributed by atoms with Gasteiger partial charge in [-0.25, -0.2) is 0 Å². The largest absolute Gasteiger partial charge is 0.373 e. The van der Waals surface area contributed by atoms with Gasteiger partial charge in [-0.05, 0) is 12.8 Å². The van der Waals surface area contributed by atoms with Crippen molar-refractivity contribution in [2.45, 2.75) is 37.5 Å². The summed E-state index contributed by atoms with van der Waals surface area (Å²) < 4.78 is 11.3. The van der Waals surface area contributed by atoms with Crippen LogP contribution in [0.15, 0.2) is 0 Å². The summed E-state index contributed by atoms with van der Waals surface area (Å²) >= 11 is 0. The van der Waals surface area contributed by atoms with Crippen LogP contribution in [0, 0.1) is 5.92 Å². The van der Waals surface area contributed by atoms with Crippen molar-refractivity contribution in [3.63, 3.8) is 0 Å². The first kappa shape index (κ1) is 10.9. The monoisotopic (exact) mass is 214 g/mol. The minimum Gasteiger partial charge on any atom is -0.373 e. The maximum absolute atomic E-state index is 10.8. The van der Waals surface area contributed by atoms with E-state index in [-0.39, 0.29) is 36.5 Å². The lowest BCUT2D eigenvalue weighted by atomic mass is 9.93. The summed E-state index contributed by atoms with van der Waals surface area (Å²) in [7, 11) is 0. The molecule has 1 saturated heterocycles. The van der Waals surface area contributed by atoms with Crippen LogP contribution in [0.25, 0.3) is 0 Å². The Labute approximate surface area is 89.1 Å². The van der Waals surface area contributed by atoms with Gasteiger partial charge in [-0.1, -0.05) is 0 Å². The third-order valence-electron chi connectivity index (χ3n) is 3.29. The van der Waals surface area contributed by atoms with Gasteiger partial charge in [0.05, 0.1) is 25.4 Å². The van der Waals surface area contributed by atoms with Crippen molar-refractivity contribution in [1.82, 2.24) is 0 Å². The zero-order valence-corrected chi connectivity index (χ0v) is 8.72. The molecule has 2 aliphatic rings. The van der Waals surface area contributed by atoms with E-state index < -0.39 is 0 Å². The Morgan fingerprint density at radius 3 is 2.80 bits per heavy atom. The maximum Gasteiger partial charge on any atom is 0.218 e. The number of carbonyl (C=O) groups is 1. The number of rotatable bonds is 3. The van der Waals surface area contributed by atoms with Crippen LogP contribution >= 0.6 is 0 Å². The van der Waals surface area contributed by atoms with Crippen molar-refractivity contribution in [3.8, 4) is 0 Å². The molecule has 4 atom stereocenters. The molecule has 0 spiro atoms. The molecule has 1 aliphatic heterocycles. The van der Waals surface area contributed by atoms with E-state index in [2.05, 4.69) is 0 Å². The highest BCUT2D eigenvalue weighted by atomic mass is 16.6. The summed E-state index contributed by atoms with van der Waals surface area (Å²) in [5.41, 5.74) is 11.1. The maximum atomic E-state index is 10.8. The molecular formula is C10H18N2O3. The highest BCUT2D eigenvalue weighted by Gasteiger charge is 2.42. The van der Waals surface area contributed by atoms with Crippen molar-refractivity contribution in [2.24, 2.45) is 17.4 Å². The minimum atomic E-state index is -0.345. The molecule has 1 saturated carbocycles. The molecule has 5 heteroatoms. The molecule has 5 nitrogen and oxygen atoms in total. The molecule has 86 valence electrons. The van der Waals surface area contributed by atoms with Gasteiger partial charge in [0.2, 0.25) is 5.91 Å². The zero-order chi connectivity index (χ0) is 10.8. The van der Waals surface area contributed by atoms with Crippen LogP contribution in [0.4, 0.5) is 0 Å². The molecule has 1 heterocycles. The van der Waals surface area contributed by atoms with E-state index >= 15 is 0 Å². The van der Waals surface area contributed by atoms with Gasteiger partial charge < -0.3 is 20.9 Å². The van der Waals surface area contributed by atoms with Crippen LogP contribution in [0.3, 0.4) is 0 Å². The second kappa shape index (κ2) is 4.47. The van der Waals surface area contributed by atoms with Gasteiger partial charge in [0.25, 0.3) is 0 Å². The minimum absolute atomic E-state index is 0.0631. The molecule has 0 radical (unpaired) electrons. The highest BCUT2D eigenvalue weighted by molar-refractivity contribution is 5.74. The van der Waals surface area contributed by atoms with Gasteiger partial charge in [0, 0.05) is 18.4 Å². The van der Waals surface area contributed by atoms with Crippen LogP contribution in [0.1, 0.15) is 19.3 Å². The molecule has 1 amide bonds. The molecule has 15 heavy (non-hydrogen) atoms. The number of carbonyl (C=O) groups excluding carboxylic acids is 1. The third-order valence-corrected chi connectivity index (χ3v) is 3.29. The molecular weight excluding hydrogens is 196 g/mol. The Balaban J connectivity index is 1.94. The lowest BCUT2D eigenvalue weighted by molar-refractivity contribution is -0.140. The van der Waals surface area contributed by atoms with Gasteiger partial charge in [-0.15, -0.1) is 0 Å². The SMILES string of the molecule is NC(=O)CC(N)[C@@H]1CC[C@@H]2OCCO[C@@H]21. The Kier molecular flexibility index (Phi) is 3.23. The highest BCUT2D eigenvalue weighted by Crippen LogP contribution is 2.35. The zero-order valence-electron chi connectivity index (χ0n) is 8.72. The number of hydrogen-bond donors (Lipinski definition) is 2. The Morgan fingerprint density at radius 2 is 2.07 bits per heavy atom. The van der Waals surface area contributed by atoms with E-state index in [1.165, 1.54) is 0 Å². The number of hydrogen-bond acceptors (Lipinski definition) is 4. The lowest BCUT2D eigenvalue weighted by Crippen LogP contribution is -2.45. The van der Waals surface area contributed by atoms with Crippen LogP contribution in [0.5, 0.6) is 0 Å². The van der Waals surface area contributed by atoms with Crippen LogP contribution in [-0.4, -0.2) is 37.4 Å². The first-order valence-corrected chi connectivity index (χ1v) is 5.45. The fourth-order valence-corrected chi connectivity index (χ4v) is 2.60. The number of nitrogens with two attached hydrogens (primary N) is 2. The van der Waals surface area contributed by atoms with Gasteiger partial charge in [-0.3, -0.25) is 4.79 Å². The summed E-state index contributed by atoms with van der Waals surface area (Å²) in [6, 6.07) is -0.195. The van der Waals surface area contributed by atoms with Crippen molar-refractivity contribution < 1.29 is 14.3 Å². The molecule has 0 aromatic carbocycles. The van der Waals surface area contributed by atoms with Gasteiger partial charge in [0.15, 0.2) is 0 Å². The van der Waals surface area contributed by atoms with E-state index in [1.54, 1.807) is 0 Å². The van der Waals surface area contributed by atoms with Crippen LogP contribution in [0.2, 0.25) is 0 Å². The number of ether oxygens (including phenoxy) is 2. The van der Waals surface area contributed by atoms with E-state index in [1.807, 2.05) is 0 Å². The molecule has 4 N–H and O–H groups in total. The average molecular weight is 214 g/mol. The molecule has 1 unspecified atom stereocenters. The molecule has 0 aromatic heterocycles. The van der Waals surface area contributed by atoms with Crippen molar-refractivity contribution in [1.29, 1.82) is 0 Å². The number of primary amides is 1. The predicted octanol–water partition coefficient (Wildman–Crippen LogP) is -0.617. The van der Waals surface area contributed by atoms with Crippen molar-refractivity contribution in [2.75, 3.05) is 13.2 Å². The van der Waals surface area contributed by atoms with Crippen LogP contribution in [-0.2, 0) is 14.3 Å². The number of fused-ring (bicyclic) bond motifs is 1. The molecule has 1 aliphatic carbocycles. The molecule has 2 rings (SSSR count). The van der Waals surface area contributed by atoms with Gasteiger partial charge in [-0.2, -0.15) is 0 Å². The quantitative estimate of drug-likeness (QED) is 0.655. The second-order valence-corrected chi connectivity index (χ2v) is 4.32. The summed E-state index contributed by atoms with van der Waals surface area (Å²) in [6.45, 7) is 1.29. The molecule has 2 fully saturated rings. The fourth-order valence-electron chi connectivity index (χ4n) is 2.60. The summed E-state index contributed by atoms with van der Waals surface area (Å²) in [6.07, 6.45) is 2.40. The van der Waals surface area contributed by atoms with Crippen molar-refractivity contribution in [3.05, 3.63) is 0 Å². The smallest absolute Gasteiger partial charge is 0.218 e. The predicted molar refractivity (Wildman–Crippen MR) is 54.0 cm³/mol. The average Bonchev–Trinajstić information content (AvgIpc) is 2.59. The Hall–Kier alpha value is -0.650. The normalized spacial score (nSPS) is 37.3. The topological polar surface area (TPSA) is 87.6 Å². The summed E-state index contributed by atoms with van der Waals surface area (Å²) in [4.78, 5) is 10.8. The Bertz CT molecular complexity index is 247. The van der Waals surface area contributed by atoms with E-state index in [0.717, 1.165) is 12.8 Å². The van der Waals surface area contributed by atoms with Crippen LogP contribution < -0.4 is 11.5 Å². The fraction of sp³-hybridized carbons (Fsp3) is 0.900. The first-order valence-electron chi connectivity index (χ1n) is 5.45. The summed E-state index contributed by atoms with van der Waals surface area (Å²) in [5, 5.41) is 0. The van der Waals surface area contributed by atoms with Crippen molar-refractivity contribution >= 4 is 5.91 Å². The summed E-state index contributed by atoms with van der Waals surface area (Å²) in [5.74, 6) is -0.134.